The molecule has 0 bridgehead atoms. The number of ether oxygens (including phenoxy) is 4. The van der Waals surface area contributed by atoms with Crippen molar-refractivity contribution >= 4 is 221 Å². The summed E-state index contributed by atoms with van der Waals surface area (Å²) in [6.45, 7) is 38.1. The van der Waals surface area contributed by atoms with Crippen LogP contribution in [0, 0.1) is 23.3 Å². The number of aliphatic hydroxyl groups is 2. The van der Waals surface area contributed by atoms with Crippen LogP contribution in [0.15, 0.2) is 220 Å². The van der Waals surface area contributed by atoms with Gasteiger partial charge in [0, 0.05) is 95.4 Å². The first-order chi connectivity index (χ1) is 67.2. The maximum Gasteiger partial charge on any atom is 0.438 e. The molecule has 2 fully saturated rings. The van der Waals surface area contributed by atoms with Crippen LogP contribution in [-0.4, -0.2) is 156 Å². The largest absolute Gasteiger partial charge is 0.487 e. The van der Waals surface area contributed by atoms with Crippen molar-refractivity contribution in [1.82, 2.24) is 39.9 Å². The van der Waals surface area contributed by atoms with E-state index in [0.29, 0.717) is 126 Å². The molecule has 32 nitrogen and oxygen atoms in total. The number of nitrogens with one attached hydrogen (secondary N) is 10. The number of nitrogens with zero attached hydrogens (tertiary/aromatic N) is 8. The van der Waals surface area contributed by atoms with Gasteiger partial charge in [0.2, 0.25) is 34.3 Å². The van der Waals surface area contributed by atoms with Gasteiger partial charge >= 0.3 is 14.1 Å². The summed E-state index contributed by atoms with van der Waals surface area (Å²) in [7, 11) is -3.55. The molecule has 16 N–H and O–H groups in total. The lowest BCUT2D eigenvalue weighted by molar-refractivity contribution is -0.112. The molecule has 764 valence electrons. The topological polar surface area (TPSA) is 430 Å². The summed E-state index contributed by atoms with van der Waals surface area (Å²) in [5.41, 5.74) is 19.2. The van der Waals surface area contributed by atoms with E-state index in [9.17, 15) is 32.3 Å². The van der Waals surface area contributed by atoms with Gasteiger partial charge in [-0.05, 0) is 221 Å². The number of benzene rings is 8. The Kier molecular flexibility index (Phi) is 44.3. The van der Waals surface area contributed by atoms with E-state index in [1.807, 2.05) is 56.3 Å². The molecular weight excluding hydrogens is 2010 g/mol. The Morgan fingerprint density at radius 2 is 0.734 bits per heavy atom. The smallest absolute Gasteiger partial charge is 0.438 e. The second-order valence-corrected chi connectivity index (χ2v) is 46.7. The van der Waals surface area contributed by atoms with E-state index in [-0.39, 0.29) is 109 Å². The number of allylic oxidation sites excluding steroid dienone is 1. The summed E-state index contributed by atoms with van der Waals surface area (Å²) < 4.78 is 102. The lowest BCUT2D eigenvalue weighted by Crippen LogP contribution is -2.43. The average Bonchev–Trinajstić information content (AvgIpc) is 1.70. The van der Waals surface area contributed by atoms with Crippen LogP contribution in [0.4, 0.5) is 132 Å². The van der Waals surface area contributed by atoms with Crippen LogP contribution in [-0.2, 0) is 27.7 Å². The highest BCUT2D eigenvalue weighted by Crippen LogP contribution is 2.41. The number of nitrogens with two attached hydrogens (primary N) is 2. The Bertz CT molecular complexity index is 6290. The van der Waals surface area contributed by atoms with E-state index in [4.69, 9.17) is 123 Å². The highest BCUT2D eigenvalue weighted by atomic mass is 35.5. The highest BCUT2D eigenvalue weighted by molar-refractivity contribution is 6.74. The van der Waals surface area contributed by atoms with Crippen LogP contribution >= 0.6 is 69.6 Å². The molecule has 14 rings (SSSR count). The molecule has 8 aromatic carbocycles. The van der Waals surface area contributed by atoms with Gasteiger partial charge in [0.05, 0.1) is 84.3 Å². The number of carbonyl (C=O) groups is 2. The zero-order chi connectivity index (χ0) is 104. The van der Waals surface area contributed by atoms with Crippen LogP contribution in [0.3, 0.4) is 0 Å². The quantitative estimate of drug-likeness (QED) is 0.00327. The highest BCUT2D eigenvalue weighted by Gasteiger charge is 2.39. The number of anilines is 19. The number of carbonyl (C=O) groups excluding carboxylic acids is 2. The average molecular weight is 2130 g/mol. The minimum absolute atomic E-state index is 0. The summed E-state index contributed by atoms with van der Waals surface area (Å²) in [6.07, 6.45) is 5.31. The van der Waals surface area contributed by atoms with Gasteiger partial charge in [-0.2, -0.15) is 19.9 Å². The molecule has 0 radical (unpaired) electrons. The molecule has 4 aromatic heterocycles. The van der Waals surface area contributed by atoms with Crippen molar-refractivity contribution in [3.8, 4) is 23.0 Å². The molecular formula is C96H117B2Cl6F5N20O12Si2. The Hall–Kier alpha value is -12.6. The third-order valence-corrected chi connectivity index (χ3v) is 31.3. The van der Waals surface area contributed by atoms with E-state index < -0.39 is 57.4 Å². The van der Waals surface area contributed by atoms with Gasteiger partial charge in [0.15, 0.2) is 63.2 Å². The number of amides is 1. The number of nitrogen functional groups attached to an aromatic ring is 2. The Morgan fingerprint density at radius 3 is 1.07 bits per heavy atom. The summed E-state index contributed by atoms with van der Waals surface area (Å²) in [6, 6.07) is 48.9. The summed E-state index contributed by atoms with van der Waals surface area (Å²) in [4.78, 5) is 52.9. The van der Waals surface area contributed by atoms with Crippen LogP contribution in [0.25, 0.3) is 0 Å². The van der Waals surface area contributed by atoms with Crippen molar-refractivity contribution in [1.29, 1.82) is 0 Å². The number of hydrogen-bond donors (Lipinski definition) is 14. The van der Waals surface area contributed by atoms with Crippen molar-refractivity contribution in [2.45, 2.75) is 130 Å². The van der Waals surface area contributed by atoms with E-state index in [1.54, 1.807) is 141 Å². The molecule has 47 heteroatoms. The first kappa shape index (κ1) is 116. The fourth-order valence-corrected chi connectivity index (χ4v) is 14.1. The number of aliphatic hydroxyl groups excluding tert-OH is 2. The second kappa shape index (κ2) is 54.8. The van der Waals surface area contributed by atoms with E-state index >= 15 is 0 Å². The van der Waals surface area contributed by atoms with Crippen LogP contribution in [0.5, 0.6) is 23.0 Å². The van der Waals surface area contributed by atoms with Crippen molar-refractivity contribution in [3.63, 3.8) is 0 Å². The zero-order valence-corrected chi connectivity index (χ0v) is 87.2. The molecule has 143 heavy (non-hydrogen) atoms. The molecule has 6 heterocycles. The minimum Gasteiger partial charge on any atom is -0.487 e. The van der Waals surface area contributed by atoms with Gasteiger partial charge in [0.1, 0.15) is 47.4 Å². The SMILES string of the molecule is C=CC(=O)Cl.C=CC(=O)Nc1cccc(Nc2nc(Nc3ccc(Cl)c(O[C@@H](C)CO)c3)ncc2F)c1.C[C@@H](CO)Oc1cc(Nc2ncc(F)c(Nc3cccc(N)c3)n2)ccc1Cl.C[C@@H](CO[Si](C)(C)C(C)(C)C)Oc1cc(N)ccc1Cl.C[C@@H](CO[Si](C)(C)C(C)(C)C)Oc1cc(Nc2ncc(F)c(Nc3cccc(NB4CO4)c3)n2)ccc1Cl.F.Fc1cnc(Cl)nc1Nc1cccc(NB2CO2)c1.[2HH].[2HH]. The zero-order valence-electron chi connectivity index (χ0n) is 80.6. The molecule has 12 aromatic rings. The molecule has 0 unspecified atom stereocenters. The molecule has 2 aliphatic rings. The maximum atomic E-state index is 14.5. The van der Waals surface area contributed by atoms with Crippen LogP contribution in [0.2, 0.25) is 61.6 Å². The van der Waals surface area contributed by atoms with Crippen LogP contribution in [0.1, 0.15) is 72.1 Å². The van der Waals surface area contributed by atoms with Crippen molar-refractivity contribution < 1.29 is 82.0 Å². The molecule has 0 spiro atoms. The van der Waals surface area contributed by atoms with Gasteiger partial charge in [-0.25, -0.2) is 37.5 Å². The summed E-state index contributed by atoms with van der Waals surface area (Å²) in [5.74, 6) is -0.318. The van der Waals surface area contributed by atoms with Gasteiger partial charge in [-0.15, -0.1) is 0 Å². The Balaban J connectivity index is 0.000000278. The molecule has 4 atom stereocenters. The first-order valence-electron chi connectivity index (χ1n) is 44.1. The fraction of sp³-hybridized carbons (Fsp3) is 0.271. The summed E-state index contributed by atoms with van der Waals surface area (Å²) >= 11 is 35.1. The first-order valence-corrected chi connectivity index (χ1v) is 52.2. The molecule has 0 aliphatic carbocycles. The molecule has 2 aliphatic heterocycles. The normalized spacial score (nSPS) is 12.6. The monoisotopic (exact) mass is 2130 g/mol. The van der Waals surface area contributed by atoms with E-state index in [0.717, 1.165) is 48.3 Å². The van der Waals surface area contributed by atoms with Gasteiger partial charge in [-0.3, -0.25) is 14.3 Å². The summed E-state index contributed by atoms with van der Waals surface area (Å²) in [5, 5.41) is 49.6. The predicted octanol–water partition coefficient (Wildman–Crippen LogP) is 24.5. The minimum atomic E-state index is -1.89. The number of rotatable bonds is 37. The Morgan fingerprint density at radius 1 is 0.441 bits per heavy atom. The fourth-order valence-electron chi connectivity index (χ4n) is 11.1. The molecule has 1 amide bonds. The molecule has 2 saturated heterocycles. The van der Waals surface area contributed by atoms with E-state index in [2.05, 4.69) is 174 Å². The van der Waals surface area contributed by atoms with Crippen molar-refractivity contribution in [3.05, 3.63) is 269 Å². The maximum absolute atomic E-state index is 14.5. The van der Waals surface area contributed by atoms with Crippen molar-refractivity contribution in [2.24, 2.45) is 0 Å². The standard InChI is InChI=1S/C26H34BClFN5O3Si.C22H21ClFN5O3.C19H19ClFN5O2.C15H26ClNO2Si.C11H9BClFN4O.C3H3ClO.FH.2H2/c1-17(15-36-38(5,6)26(2,3)4)37-23-13-19(10-11-21(23)28)32-25-30-14-22(29)24(33-25)31-18-8-7-9-20(12-18)34-27-16-35-27;1-3-20(31)26-14-5-4-6-15(9-14)27-21-18(24)11-25-22(29-21)28-16-7-8-17(23)19(10-16)32-13(2)12-30;1-11(10-27)28-17-8-14(5-6-15(17)20)25-19-23-9-16(21)18(26-19)24-13-4-2-3-12(22)7-13;1-11(10-18-20(5,6)15(2,3)4)19-14-9-12(17)7-8-13(14)16;13-11-15-5-9(14)10(17-11)16-7-2-1-3-8(4-7)18-12-6-19-12;1-2-3(4)5;;;/h7-14,17,34H,15-16H2,1-6H3,(H2,30,31,32,33);3-11,13,30H,1,12H2,2H3,(H,26,31)(H2,25,27,28,29);2-9,11,27H,10,22H2,1H3,(H2,23,24,25,26);7-9,11H,10,17H2,1-6H3;1-5,18H,6H2,(H,15,16,17);2H,1H2;3*1H/t17-;13-;2*11-;;;;;/m0000...../s1/i;;;;;;;2*1+1. The van der Waals surface area contributed by atoms with Gasteiger partial charge in [0.25, 0.3) is 0 Å². The second-order valence-electron chi connectivity index (χ2n) is 34.7. The number of aromatic nitrogens is 8. The lowest BCUT2D eigenvalue weighted by atomic mass is 9.96. The van der Waals surface area contributed by atoms with Gasteiger partial charge in [-0.1, -0.05) is 125 Å². The molecule has 0 saturated carbocycles. The Labute approximate surface area is 862 Å². The number of hydrogen-bond acceptors (Lipinski definition) is 31. The van der Waals surface area contributed by atoms with Crippen molar-refractivity contribution in [2.75, 3.05) is 104 Å². The van der Waals surface area contributed by atoms with E-state index in [1.165, 1.54) is 0 Å². The third kappa shape index (κ3) is 39.2. The van der Waals surface area contributed by atoms with Gasteiger partial charge < -0.3 is 112 Å². The predicted molar refractivity (Wildman–Crippen MR) is 574 cm³/mol. The lowest BCUT2D eigenvalue weighted by Gasteiger charge is -2.36. The third-order valence-electron chi connectivity index (χ3n) is 20.7. The number of halogens is 11. The van der Waals surface area contributed by atoms with Crippen LogP contribution < -0.4 is 83.4 Å².